The maximum absolute atomic E-state index is 13.4. The van der Waals surface area contributed by atoms with Gasteiger partial charge in [-0.3, -0.25) is 4.79 Å². The van der Waals surface area contributed by atoms with E-state index in [2.05, 4.69) is 15.9 Å². The summed E-state index contributed by atoms with van der Waals surface area (Å²) in [5.41, 5.74) is 0.909. The van der Waals surface area contributed by atoms with Crippen molar-refractivity contribution >= 4 is 44.9 Å². The van der Waals surface area contributed by atoms with Crippen LogP contribution in [0.15, 0.2) is 40.9 Å². The first-order valence-electron chi connectivity index (χ1n) is 5.41. The molecule has 5 heteroatoms. The number of Topliss-reactive ketones (excluding diaryl/α,β-unsaturated/α-hetero) is 1. The first kappa shape index (κ1) is 14.5. The van der Waals surface area contributed by atoms with Crippen molar-refractivity contribution < 1.29 is 9.18 Å². The lowest BCUT2D eigenvalue weighted by molar-refractivity contribution is 0.0993. The van der Waals surface area contributed by atoms with E-state index in [9.17, 15) is 9.18 Å². The molecule has 98 valence electrons. The lowest BCUT2D eigenvalue weighted by Gasteiger charge is -2.07. The van der Waals surface area contributed by atoms with Crippen LogP contribution in [0.25, 0.3) is 0 Å². The van der Waals surface area contributed by atoms with Gasteiger partial charge in [0.15, 0.2) is 5.78 Å². The predicted octanol–water partition coefficient (Wildman–Crippen LogP) is 5.32. The number of benzene rings is 2. The molecule has 0 unspecified atom stereocenters. The molecule has 0 atom stereocenters. The summed E-state index contributed by atoms with van der Waals surface area (Å²) in [5, 5.41) is 0.549. The Balaban J connectivity index is 2.31. The zero-order valence-corrected chi connectivity index (χ0v) is 12.7. The number of rotatable bonds is 3. The van der Waals surface area contributed by atoms with Crippen LogP contribution in [0.2, 0.25) is 10.0 Å². The summed E-state index contributed by atoms with van der Waals surface area (Å²) in [5.74, 6) is -0.610. The fourth-order valence-corrected chi connectivity index (χ4v) is 2.48. The third-order valence-corrected chi connectivity index (χ3v) is 4.34. The lowest BCUT2D eigenvalue weighted by atomic mass is 10.0. The minimum absolute atomic E-state index is 0.0540. The molecule has 0 aromatic heterocycles. The highest BCUT2D eigenvalue weighted by atomic mass is 79.9. The van der Waals surface area contributed by atoms with E-state index in [1.54, 1.807) is 30.3 Å². The molecule has 0 radical (unpaired) electrons. The van der Waals surface area contributed by atoms with E-state index >= 15 is 0 Å². The fourth-order valence-electron chi connectivity index (χ4n) is 1.67. The molecule has 0 saturated heterocycles. The number of hydrogen-bond donors (Lipinski definition) is 0. The second kappa shape index (κ2) is 6.04. The Morgan fingerprint density at radius 1 is 1.16 bits per heavy atom. The molecule has 2 aromatic rings. The van der Waals surface area contributed by atoms with Gasteiger partial charge in [0.2, 0.25) is 0 Å². The van der Waals surface area contributed by atoms with Crippen molar-refractivity contribution in [2.24, 2.45) is 0 Å². The number of halogens is 4. The zero-order chi connectivity index (χ0) is 14.0. The first-order chi connectivity index (χ1) is 9.00. The minimum Gasteiger partial charge on any atom is -0.294 e. The molecule has 0 bridgehead atoms. The third kappa shape index (κ3) is 3.16. The van der Waals surface area contributed by atoms with Gasteiger partial charge in [-0.1, -0.05) is 41.4 Å². The second-order valence-corrected chi connectivity index (χ2v) is 5.49. The van der Waals surface area contributed by atoms with Crippen LogP contribution in [0.1, 0.15) is 15.9 Å². The highest BCUT2D eigenvalue weighted by Crippen LogP contribution is 2.28. The molecule has 1 nitrogen and oxygen atoms in total. The summed E-state index contributed by atoms with van der Waals surface area (Å²) in [7, 11) is 0. The van der Waals surface area contributed by atoms with E-state index < -0.39 is 5.82 Å². The van der Waals surface area contributed by atoms with Gasteiger partial charge in [-0.25, -0.2) is 4.39 Å². The van der Waals surface area contributed by atoms with Crippen molar-refractivity contribution in [3.05, 3.63) is 67.9 Å². The van der Waals surface area contributed by atoms with Crippen LogP contribution in [0.4, 0.5) is 4.39 Å². The number of carbonyl (C=O) groups is 1. The Kier molecular flexibility index (Phi) is 4.61. The molecule has 0 spiro atoms. The van der Waals surface area contributed by atoms with Crippen LogP contribution in [0, 0.1) is 5.82 Å². The maximum atomic E-state index is 13.4. The average molecular weight is 362 g/mol. The second-order valence-electron chi connectivity index (χ2n) is 3.91. The first-order valence-corrected chi connectivity index (χ1v) is 6.95. The van der Waals surface area contributed by atoms with Gasteiger partial charge in [0.25, 0.3) is 0 Å². The molecule has 2 rings (SSSR count). The standard InChI is InChI=1S/C14H8BrCl2FO/c15-13-8(3-1-6-11(13)18)7-12(19)9-4-2-5-10(16)14(9)17/h1-6H,7H2. The zero-order valence-electron chi connectivity index (χ0n) is 9.59. The van der Waals surface area contributed by atoms with Crippen molar-refractivity contribution in [2.45, 2.75) is 6.42 Å². The van der Waals surface area contributed by atoms with Crippen molar-refractivity contribution in [1.29, 1.82) is 0 Å². The van der Waals surface area contributed by atoms with E-state index in [-0.39, 0.29) is 17.2 Å². The normalized spacial score (nSPS) is 10.5. The predicted molar refractivity (Wildman–Crippen MR) is 78.6 cm³/mol. The highest BCUT2D eigenvalue weighted by Gasteiger charge is 2.15. The summed E-state index contributed by atoms with van der Waals surface area (Å²) >= 11 is 15.0. The smallest absolute Gasteiger partial charge is 0.168 e. The van der Waals surface area contributed by atoms with Crippen molar-refractivity contribution in [3.8, 4) is 0 Å². The van der Waals surface area contributed by atoms with E-state index in [0.717, 1.165) is 0 Å². The van der Waals surface area contributed by atoms with Crippen LogP contribution in [-0.4, -0.2) is 5.78 Å². The average Bonchev–Trinajstić information content (AvgIpc) is 2.38. The molecule has 0 fully saturated rings. The van der Waals surface area contributed by atoms with Gasteiger partial charge in [-0.15, -0.1) is 0 Å². The summed E-state index contributed by atoms with van der Waals surface area (Å²) < 4.78 is 13.7. The number of hydrogen-bond acceptors (Lipinski definition) is 1. The fraction of sp³-hybridized carbons (Fsp3) is 0.0714. The van der Waals surface area contributed by atoms with Gasteiger partial charge in [-0.2, -0.15) is 0 Å². The molecule has 0 saturated carbocycles. The molecule has 0 aliphatic rings. The van der Waals surface area contributed by atoms with Crippen molar-refractivity contribution in [1.82, 2.24) is 0 Å². The number of ketones is 1. The number of carbonyl (C=O) groups excluding carboxylic acids is 1. The molecular weight excluding hydrogens is 354 g/mol. The minimum atomic E-state index is -0.400. The molecule has 19 heavy (non-hydrogen) atoms. The molecule has 0 aliphatic carbocycles. The van der Waals surface area contributed by atoms with Gasteiger partial charge in [-0.05, 0) is 39.7 Å². The summed E-state index contributed by atoms with van der Waals surface area (Å²) in [6.45, 7) is 0. The Hall–Kier alpha value is -0.900. The van der Waals surface area contributed by atoms with E-state index in [4.69, 9.17) is 23.2 Å². The summed E-state index contributed by atoms with van der Waals surface area (Å²) in [6.07, 6.45) is 0.0540. The van der Waals surface area contributed by atoms with E-state index in [0.29, 0.717) is 20.6 Å². The van der Waals surface area contributed by atoms with E-state index in [1.165, 1.54) is 6.07 Å². The SMILES string of the molecule is O=C(Cc1cccc(F)c1Br)c1cccc(Cl)c1Cl. The van der Waals surface area contributed by atoms with Crippen molar-refractivity contribution in [2.75, 3.05) is 0 Å². The van der Waals surface area contributed by atoms with E-state index in [1.807, 2.05) is 0 Å². The Labute approximate surface area is 128 Å². The highest BCUT2D eigenvalue weighted by molar-refractivity contribution is 9.10. The van der Waals surface area contributed by atoms with Crippen LogP contribution in [-0.2, 0) is 6.42 Å². The Morgan fingerprint density at radius 3 is 2.58 bits per heavy atom. The van der Waals surface area contributed by atoms with Gasteiger partial charge in [0, 0.05) is 12.0 Å². The van der Waals surface area contributed by atoms with Crippen molar-refractivity contribution in [3.63, 3.8) is 0 Å². The monoisotopic (exact) mass is 360 g/mol. The van der Waals surface area contributed by atoms with Crippen LogP contribution >= 0.6 is 39.1 Å². The Bertz CT molecular complexity index is 643. The third-order valence-electron chi connectivity index (χ3n) is 2.63. The Morgan fingerprint density at radius 2 is 1.84 bits per heavy atom. The summed E-state index contributed by atoms with van der Waals surface area (Å²) in [4.78, 5) is 12.2. The summed E-state index contributed by atoms with van der Waals surface area (Å²) in [6, 6.07) is 9.43. The van der Waals surface area contributed by atoms with Gasteiger partial charge >= 0.3 is 0 Å². The van der Waals surface area contributed by atoms with Gasteiger partial charge in [0.1, 0.15) is 5.82 Å². The largest absolute Gasteiger partial charge is 0.294 e. The maximum Gasteiger partial charge on any atom is 0.168 e. The topological polar surface area (TPSA) is 17.1 Å². The molecule has 0 aliphatic heterocycles. The van der Waals surface area contributed by atoms with Gasteiger partial charge < -0.3 is 0 Å². The molecule has 0 N–H and O–H groups in total. The van der Waals surface area contributed by atoms with Crippen LogP contribution in [0.3, 0.4) is 0 Å². The quantitative estimate of drug-likeness (QED) is 0.676. The molecular formula is C14H8BrCl2FO. The molecule has 2 aromatic carbocycles. The lowest BCUT2D eigenvalue weighted by Crippen LogP contribution is -2.05. The van der Waals surface area contributed by atoms with Gasteiger partial charge in [0.05, 0.1) is 14.5 Å². The molecule has 0 amide bonds. The van der Waals surface area contributed by atoms with Crippen LogP contribution < -0.4 is 0 Å². The molecule has 0 heterocycles. The van der Waals surface area contributed by atoms with Crippen LogP contribution in [0.5, 0.6) is 0 Å².